The SMILES string of the molecule is Cc1cc(N2CCC(CCN)C(C)(C)C2)ccc1Br. The standard InChI is InChI=1S/C16H25BrN2/c1-12-10-14(4-5-15(12)17)19-9-7-13(6-8-18)16(2,3)11-19/h4-5,10,13H,6-9,11,18H2,1-3H3. The minimum absolute atomic E-state index is 0.346. The van der Waals surface area contributed by atoms with Gasteiger partial charge in [0.15, 0.2) is 0 Å². The van der Waals surface area contributed by atoms with Gasteiger partial charge in [0.25, 0.3) is 0 Å². The van der Waals surface area contributed by atoms with Gasteiger partial charge in [0, 0.05) is 23.2 Å². The summed E-state index contributed by atoms with van der Waals surface area (Å²) in [6, 6.07) is 6.66. The largest absolute Gasteiger partial charge is 0.371 e. The predicted molar refractivity (Wildman–Crippen MR) is 86.7 cm³/mol. The topological polar surface area (TPSA) is 29.3 Å². The smallest absolute Gasteiger partial charge is 0.0369 e. The summed E-state index contributed by atoms with van der Waals surface area (Å²) in [4.78, 5) is 2.52. The summed E-state index contributed by atoms with van der Waals surface area (Å²) in [5.41, 5.74) is 8.74. The number of aryl methyl sites for hydroxylation is 1. The van der Waals surface area contributed by atoms with Gasteiger partial charge in [0.1, 0.15) is 0 Å². The van der Waals surface area contributed by atoms with Crippen molar-refractivity contribution in [1.82, 2.24) is 0 Å². The highest BCUT2D eigenvalue weighted by molar-refractivity contribution is 9.10. The molecule has 1 heterocycles. The molecule has 1 aromatic rings. The number of halogens is 1. The Hall–Kier alpha value is -0.540. The zero-order chi connectivity index (χ0) is 14.0. The zero-order valence-electron chi connectivity index (χ0n) is 12.2. The molecule has 2 N–H and O–H groups in total. The number of anilines is 1. The number of nitrogens with zero attached hydrogens (tertiary/aromatic N) is 1. The zero-order valence-corrected chi connectivity index (χ0v) is 13.8. The molecule has 0 amide bonds. The third-order valence-electron chi connectivity index (χ3n) is 4.47. The van der Waals surface area contributed by atoms with Crippen LogP contribution < -0.4 is 10.6 Å². The molecule has 3 heteroatoms. The molecule has 1 unspecified atom stereocenters. The average Bonchev–Trinajstić information content (AvgIpc) is 2.35. The number of benzene rings is 1. The van der Waals surface area contributed by atoms with E-state index in [-0.39, 0.29) is 0 Å². The van der Waals surface area contributed by atoms with Gasteiger partial charge in [-0.2, -0.15) is 0 Å². The van der Waals surface area contributed by atoms with Crippen LogP contribution in [0.5, 0.6) is 0 Å². The van der Waals surface area contributed by atoms with Crippen molar-refractivity contribution in [3.8, 4) is 0 Å². The maximum atomic E-state index is 5.74. The number of piperidine rings is 1. The van der Waals surface area contributed by atoms with Gasteiger partial charge in [-0.05, 0) is 61.4 Å². The van der Waals surface area contributed by atoms with Gasteiger partial charge in [-0.25, -0.2) is 0 Å². The fraction of sp³-hybridized carbons (Fsp3) is 0.625. The highest BCUT2D eigenvalue weighted by atomic mass is 79.9. The fourth-order valence-corrected chi connectivity index (χ4v) is 3.43. The number of rotatable bonds is 3. The Labute approximate surface area is 125 Å². The Morgan fingerprint density at radius 2 is 2.16 bits per heavy atom. The van der Waals surface area contributed by atoms with Crippen molar-refractivity contribution in [3.05, 3.63) is 28.2 Å². The van der Waals surface area contributed by atoms with Crippen LogP contribution in [0, 0.1) is 18.3 Å². The predicted octanol–water partition coefficient (Wildman–Crippen LogP) is 3.96. The molecule has 0 spiro atoms. The van der Waals surface area contributed by atoms with Gasteiger partial charge in [-0.3, -0.25) is 0 Å². The summed E-state index contributed by atoms with van der Waals surface area (Å²) >= 11 is 3.57. The Bertz CT molecular complexity index is 442. The minimum atomic E-state index is 0.346. The molecule has 1 saturated heterocycles. The van der Waals surface area contributed by atoms with Gasteiger partial charge in [0.05, 0.1) is 0 Å². The lowest BCUT2D eigenvalue weighted by atomic mass is 9.72. The van der Waals surface area contributed by atoms with E-state index in [9.17, 15) is 0 Å². The average molecular weight is 325 g/mol. The van der Waals surface area contributed by atoms with Gasteiger partial charge in [-0.15, -0.1) is 0 Å². The number of nitrogens with two attached hydrogens (primary N) is 1. The lowest BCUT2D eigenvalue weighted by Gasteiger charge is -2.45. The summed E-state index contributed by atoms with van der Waals surface area (Å²) in [5.74, 6) is 0.755. The molecular weight excluding hydrogens is 300 g/mol. The third-order valence-corrected chi connectivity index (χ3v) is 5.36. The molecule has 0 aliphatic carbocycles. The third kappa shape index (κ3) is 3.32. The maximum Gasteiger partial charge on any atom is 0.0369 e. The van der Waals surface area contributed by atoms with Crippen LogP contribution in [0.1, 0.15) is 32.3 Å². The lowest BCUT2D eigenvalue weighted by molar-refractivity contribution is 0.167. The van der Waals surface area contributed by atoms with Crippen LogP contribution in [0.4, 0.5) is 5.69 Å². The molecule has 106 valence electrons. The molecule has 1 aromatic carbocycles. The molecule has 0 aromatic heterocycles. The van der Waals surface area contributed by atoms with Crippen LogP contribution >= 0.6 is 15.9 Å². The first kappa shape index (κ1) is 14.9. The molecular formula is C16H25BrN2. The molecule has 0 radical (unpaired) electrons. The van der Waals surface area contributed by atoms with E-state index >= 15 is 0 Å². The van der Waals surface area contributed by atoms with Crippen molar-refractivity contribution >= 4 is 21.6 Å². The Kier molecular flexibility index (Phi) is 4.57. The number of hydrogen-bond donors (Lipinski definition) is 1. The molecule has 1 fully saturated rings. The first-order valence-electron chi connectivity index (χ1n) is 7.15. The molecule has 1 aliphatic heterocycles. The van der Waals surface area contributed by atoms with Crippen molar-refractivity contribution in [2.45, 2.75) is 33.6 Å². The summed E-state index contributed by atoms with van der Waals surface area (Å²) in [5, 5.41) is 0. The van der Waals surface area contributed by atoms with Crippen LogP contribution in [-0.2, 0) is 0 Å². The van der Waals surface area contributed by atoms with E-state index in [1.54, 1.807) is 0 Å². The van der Waals surface area contributed by atoms with E-state index in [1.807, 2.05) is 0 Å². The number of hydrogen-bond acceptors (Lipinski definition) is 2. The van der Waals surface area contributed by atoms with E-state index in [0.29, 0.717) is 5.41 Å². The monoisotopic (exact) mass is 324 g/mol. The van der Waals surface area contributed by atoms with Crippen molar-refractivity contribution in [1.29, 1.82) is 0 Å². The van der Waals surface area contributed by atoms with Crippen LogP contribution in [-0.4, -0.2) is 19.6 Å². The van der Waals surface area contributed by atoms with Crippen molar-refractivity contribution in [2.75, 3.05) is 24.5 Å². The van der Waals surface area contributed by atoms with Crippen LogP contribution in [0.2, 0.25) is 0 Å². The second kappa shape index (κ2) is 5.84. The first-order valence-corrected chi connectivity index (χ1v) is 7.94. The van der Waals surface area contributed by atoms with Gasteiger partial charge in [-0.1, -0.05) is 29.8 Å². The Morgan fingerprint density at radius 1 is 1.42 bits per heavy atom. The molecule has 1 aliphatic rings. The van der Waals surface area contributed by atoms with Crippen LogP contribution in [0.25, 0.3) is 0 Å². The van der Waals surface area contributed by atoms with Gasteiger partial charge >= 0.3 is 0 Å². The van der Waals surface area contributed by atoms with Crippen molar-refractivity contribution in [3.63, 3.8) is 0 Å². The second-order valence-corrected chi connectivity index (χ2v) is 7.26. The van der Waals surface area contributed by atoms with E-state index in [2.05, 4.69) is 59.8 Å². The highest BCUT2D eigenvalue weighted by Gasteiger charge is 2.35. The summed E-state index contributed by atoms with van der Waals surface area (Å²) in [7, 11) is 0. The molecule has 0 saturated carbocycles. The molecule has 0 bridgehead atoms. The minimum Gasteiger partial charge on any atom is -0.371 e. The summed E-state index contributed by atoms with van der Waals surface area (Å²) in [6.45, 7) is 10.00. The van der Waals surface area contributed by atoms with Gasteiger partial charge in [0.2, 0.25) is 0 Å². The van der Waals surface area contributed by atoms with Crippen LogP contribution in [0.3, 0.4) is 0 Å². The van der Waals surface area contributed by atoms with Gasteiger partial charge < -0.3 is 10.6 Å². The molecule has 1 atom stereocenters. The van der Waals surface area contributed by atoms with E-state index in [4.69, 9.17) is 5.73 Å². The molecule has 2 nitrogen and oxygen atoms in total. The Balaban J connectivity index is 2.13. The lowest BCUT2D eigenvalue weighted by Crippen LogP contribution is -2.46. The van der Waals surface area contributed by atoms with E-state index in [1.165, 1.54) is 22.1 Å². The van der Waals surface area contributed by atoms with E-state index < -0.39 is 0 Å². The summed E-state index contributed by atoms with van der Waals surface area (Å²) in [6.07, 6.45) is 2.40. The molecule has 2 rings (SSSR count). The Morgan fingerprint density at radius 3 is 2.74 bits per heavy atom. The van der Waals surface area contributed by atoms with Crippen molar-refractivity contribution < 1.29 is 0 Å². The van der Waals surface area contributed by atoms with E-state index in [0.717, 1.165) is 32.0 Å². The molecule has 19 heavy (non-hydrogen) atoms. The normalized spacial score (nSPS) is 22.6. The summed E-state index contributed by atoms with van der Waals surface area (Å²) < 4.78 is 1.19. The highest BCUT2D eigenvalue weighted by Crippen LogP contribution is 2.38. The van der Waals surface area contributed by atoms with Crippen molar-refractivity contribution in [2.24, 2.45) is 17.1 Å². The second-order valence-electron chi connectivity index (χ2n) is 6.41. The van der Waals surface area contributed by atoms with Crippen LogP contribution in [0.15, 0.2) is 22.7 Å². The first-order chi connectivity index (χ1) is 8.94. The quantitative estimate of drug-likeness (QED) is 0.911. The maximum absolute atomic E-state index is 5.74. The fourth-order valence-electron chi connectivity index (χ4n) is 3.18.